The standard InChI is InChI=1S/C39H48N4O7/c1-24-12-10-14-25(18-24)30-16-11-17-31(40-30)36(47)42-21-27-22-43-33(29(27)23-42)34(45)41-39(37(48)49)20-28(39)15-9-7-5-6-8-13-26(35(43)46)19-32(44)50-38(2,3)4/h9-12,14-18,26-29,33H,5-8,13,19-23H2,1-4H3,(H,41,45)(H,48,49)/b15-9-/t26-,27-,28+,29-,33-,39+/m0/s1. The first-order chi connectivity index (χ1) is 23.8. The lowest BCUT2D eigenvalue weighted by atomic mass is 9.92. The number of aromatic nitrogens is 1. The van der Waals surface area contributed by atoms with Crippen LogP contribution in [0.3, 0.4) is 0 Å². The molecule has 4 heterocycles. The van der Waals surface area contributed by atoms with Crippen LogP contribution >= 0.6 is 0 Å². The van der Waals surface area contributed by atoms with E-state index in [1.165, 1.54) is 0 Å². The van der Waals surface area contributed by atoms with E-state index in [-0.39, 0.29) is 49.6 Å². The number of nitrogens with one attached hydrogen (secondary N) is 1. The van der Waals surface area contributed by atoms with Gasteiger partial charge in [-0.15, -0.1) is 0 Å². The average Bonchev–Trinajstić information content (AvgIpc) is 3.41. The van der Waals surface area contributed by atoms with E-state index in [1.54, 1.807) is 42.7 Å². The van der Waals surface area contributed by atoms with Crippen molar-refractivity contribution in [1.29, 1.82) is 0 Å². The van der Waals surface area contributed by atoms with Crippen LogP contribution in [0.1, 0.15) is 81.8 Å². The summed E-state index contributed by atoms with van der Waals surface area (Å²) < 4.78 is 5.59. The van der Waals surface area contributed by atoms with Gasteiger partial charge in [-0.3, -0.25) is 19.2 Å². The Bertz CT molecular complexity index is 1700. The number of carbonyl (C=O) groups excluding carboxylic acids is 4. The van der Waals surface area contributed by atoms with E-state index in [0.717, 1.165) is 36.8 Å². The summed E-state index contributed by atoms with van der Waals surface area (Å²) in [4.78, 5) is 76.0. The first-order valence-electron chi connectivity index (χ1n) is 17.8. The van der Waals surface area contributed by atoms with Crippen molar-refractivity contribution in [1.82, 2.24) is 20.1 Å². The summed E-state index contributed by atoms with van der Waals surface area (Å²) in [6.07, 6.45) is 7.69. The number of ether oxygens (including phenoxy) is 1. The number of fused-ring (bicyclic) bond motifs is 4. The van der Waals surface area contributed by atoms with Crippen LogP contribution in [0, 0.1) is 30.6 Å². The van der Waals surface area contributed by atoms with Gasteiger partial charge in [0.15, 0.2) is 0 Å². The van der Waals surface area contributed by atoms with Crippen molar-refractivity contribution in [2.75, 3.05) is 19.6 Å². The molecular formula is C39H48N4O7. The topological polar surface area (TPSA) is 146 Å². The van der Waals surface area contributed by atoms with E-state index >= 15 is 0 Å². The molecule has 0 bridgehead atoms. The van der Waals surface area contributed by atoms with Crippen LogP contribution in [0.5, 0.6) is 0 Å². The van der Waals surface area contributed by atoms with Gasteiger partial charge in [-0.25, -0.2) is 9.78 Å². The van der Waals surface area contributed by atoms with Crippen molar-refractivity contribution in [3.63, 3.8) is 0 Å². The summed E-state index contributed by atoms with van der Waals surface area (Å²) >= 11 is 0. The molecule has 0 unspecified atom stereocenters. The van der Waals surface area contributed by atoms with Gasteiger partial charge in [0.1, 0.15) is 22.9 Å². The van der Waals surface area contributed by atoms with E-state index < -0.39 is 46.9 Å². The maximum atomic E-state index is 14.4. The fourth-order valence-electron chi connectivity index (χ4n) is 7.93. The predicted molar refractivity (Wildman–Crippen MR) is 186 cm³/mol. The fourth-order valence-corrected chi connectivity index (χ4v) is 7.93. The van der Waals surface area contributed by atoms with Crippen molar-refractivity contribution < 1.29 is 33.8 Å². The van der Waals surface area contributed by atoms with Gasteiger partial charge < -0.3 is 25.0 Å². The van der Waals surface area contributed by atoms with Crippen molar-refractivity contribution in [2.24, 2.45) is 23.7 Å². The second-order valence-corrected chi connectivity index (χ2v) is 15.5. The molecule has 1 aliphatic carbocycles. The number of likely N-dealkylation sites (tertiary alicyclic amines) is 1. The van der Waals surface area contributed by atoms with Gasteiger partial charge in [0.25, 0.3) is 5.91 Å². The summed E-state index contributed by atoms with van der Waals surface area (Å²) in [6.45, 7) is 8.09. The molecule has 4 aliphatic rings. The Hall–Kier alpha value is -4.54. The number of carbonyl (C=O) groups is 5. The third-order valence-electron chi connectivity index (χ3n) is 10.5. The zero-order chi connectivity index (χ0) is 35.8. The predicted octanol–water partition coefficient (Wildman–Crippen LogP) is 4.78. The lowest BCUT2D eigenvalue weighted by Crippen LogP contribution is -2.56. The highest BCUT2D eigenvalue weighted by Gasteiger charge is 2.62. The Morgan fingerprint density at radius 3 is 2.56 bits per heavy atom. The van der Waals surface area contributed by atoms with Crippen molar-refractivity contribution >= 4 is 29.7 Å². The molecule has 11 heteroatoms. The van der Waals surface area contributed by atoms with E-state index in [9.17, 15) is 29.1 Å². The van der Waals surface area contributed by atoms with Gasteiger partial charge >= 0.3 is 11.9 Å². The molecule has 11 nitrogen and oxygen atoms in total. The molecule has 0 spiro atoms. The number of aryl methyl sites for hydroxylation is 1. The quantitative estimate of drug-likeness (QED) is 0.338. The van der Waals surface area contributed by atoms with Gasteiger partial charge in [-0.2, -0.15) is 0 Å². The molecule has 6 rings (SSSR count). The number of hydrogen-bond acceptors (Lipinski definition) is 7. The second kappa shape index (κ2) is 14.0. The minimum Gasteiger partial charge on any atom is -0.479 e. The monoisotopic (exact) mass is 684 g/mol. The molecule has 1 saturated carbocycles. The van der Waals surface area contributed by atoms with Crippen molar-refractivity contribution in [3.8, 4) is 11.3 Å². The number of rotatable bonds is 5. The number of esters is 1. The molecule has 2 saturated heterocycles. The van der Waals surface area contributed by atoms with Gasteiger partial charge in [0.2, 0.25) is 11.8 Å². The number of pyridine rings is 1. The molecule has 3 aliphatic heterocycles. The third kappa shape index (κ3) is 7.46. The zero-order valence-electron chi connectivity index (χ0n) is 29.4. The molecular weight excluding hydrogens is 636 g/mol. The van der Waals surface area contributed by atoms with Gasteiger partial charge in [0, 0.05) is 48.9 Å². The minimum absolute atomic E-state index is 0.106. The van der Waals surface area contributed by atoms with Crippen LogP contribution in [-0.4, -0.2) is 86.4 Å². The summed E-state index contributed by atoms with van der Waals surface area (Å²) in [7, 11) is 0. The van der Waals surface area contributed by atoms with Crippen LogP contribution in [0.4, 0.5) is 0 Å². The summed E-state index contributed by atoms with van der Waals surface area (Å²) in [5.41, 5.74) is 0.801. The molecule has 3 amide bonds. The Balaban J connectivity index is 1.27. The average molecular weight is 685 g/mol. The molecule has 266 valence electrons. The Labute approximate surface area is 293 Å². The zero-order valence-corrected chi connectivity index (χ0v) is 29.4. The van der Waals surface area contributed by atoms with Gasteiger partial charge in [0.05, 0.1) is 12.1 Å². The Kier molecular flexibility index (Phi) is 9.88. The highest BCUT2D eigenvalue weighted by Crippen LogP contribution is 2.46. The smallest absolute Gasteiger partial charge is 0.330 e. The number of hydrogen-bond donors (Lipinski definition) is 2. The maximum absolute atomic E-state index is 14.4. The molecule has 50 heavy (non-hydrogen) atoms. The molecule has 2 N–H and O–H groups in total. The minimum atomic E-state index is -1.44. The first kappa shape index (κ1) is 35.3. The first-order valence-corrected chi connectivity index (χ1v) is 17.8. The maximum Gasteiger partial charge on any atom is 0.330 e. The third-order valence-corrected chi connectivity index (χ3v) is 10.5. The second-order valence-electron chi connectivity index (χ2n) is 15.5. The fraction of sp³-hybridized carbons (Fsp3) is 0.538. The van der Waals surface area contributed by atoms with E-state index in [0.29, 0.717) is 24.4 Å². The largest absolute Gasteiger partial charge is 0.479 e. The van der Waals surface area contributed by atoms with Crippen LogP contribution in [-0.2, 0) is 23.9 Å². The summed E-state index contributed by atoms with van der Waals surface area (Å²) in [5.74, 6) is -4.35. The van der Waals surface area contributed by atoms with Crippen molar-refractivity contribution in [2.45, 2.75) is 89.8 Å². The molecule has 1 aromatic heterocycles. The van der Waals surface area contributed by atoms with E-state index in [1.807, 2.05) is 49.4 Å². The molecule has 3 fully saturated rings. The Morgan fingerprint density at radius 2 is 1.82 bits per heavy atom. The highest BCUT2D eigenvalue weighted by atomic mass is 16.6. The van der Waals surface area contributed by atoms with Crippen LogP contribution in [0.2, 0.25) is 0 Å². The number of carboxylic acid groups (broad SMARTS) is 1. The lowest BCUT2D eigenvalue weighted by molar-refractivity contribution is -0.159. The lowest BCUT2D eigenvalue weighted by Gasteiger charge is -2.32. The molecule has 2 aromatic rings. The number of amides is 3. The normalized spacial score (nSPS) is 29.1. The van der Waals surface area contributed by atoms with Gasteiger partial charge in [-0.05, 0) is 71.6 Å². The molecule has 1 aromatic carbocycles. The Morgan fingerprint density at radius 1 is 1.04 bits per heavy atom. The number of aliphatic carboxylic acids is 1. The molecule has 0 radical (unpaired) electrons. The number of nitrogens with zero attached hydrogens (tertiary/aromatic N) is 3. The summed E-state index contributed by atoms with van der Waals surface area (Å²) in [5, 5.41) is 13.1. The van der Waals surface area contributed by atoms with Crippen LogP contribution in [0.15, 0.2) is 54.6 Å². The van der Waals surface area contributed by atoms with Gasteiger partial charge in [-0.1, -0.05) is 54.8 Å². The highest BCUT2D eigenvalue weighted by molar-refractivity contribution is 5.97. The SMILES string of the molecule is Cc1cccc(-c2cccc(C(=O)N3C[C@H]4CN5C(=O)[C@H](CC(=O)OC(C)(C)C)CCCCC/C=C\[C@@H]6C[C@@]6(C(=O)O)NC(=O)[C@@H]5[C@H]4C3)n2)c1. The van der Waals surface area contributed by atoms with E-state index in [2.05, 4.69) is 10.3 Å². The number of allylic oxidation sites excluding steroid dienone is 1. The summed E-state index contributed by atoms with van der Waals surface area (Å²) in [6, 6.07) is 12.3. The van der Waals surface area contributed by atoms with Crippen LogP contribution < -0.4 is 5.32 Å². The van der Waals surface area contributed by atoms with Crippen molar-refractivity contribution in [3.05, 3.63) is 65.9 Å². The van der Waals surface area contributed by atoms with E-state index in [4.69, 9.17) is 4.74 Å². The number of benzene rings is 1. The molecule has 6 atom stereocenters. The van der Waals surface area contributed by atoms with Crippen LogP contribution in [0.25, 0.3) is 11.3 Å². The number of carboxylic acids is 1.